The quantitative estimate of drug-likeness (QED) is 0.653. The molecule has 1 saturated carbocycles. The molecule has 5 nitrogen and oxygen atoms in total. The smallest absolute Gasteiger partial charge is 0.410 e. The summed E-state index contributed by atoms with van der Waals surface area (Å²) in [7, 11) is 0. The Morgan fingerprint density at radius 3 is 2.38 bits per heavy atom. The van der Waals surface area contributed by atoms with E-state index in [0.29, 0.717) is 24.9 Å². The molecule has 1 aromatic heterocycles. The fourth-order valence-corrected chi connectivity index (χ4v) is 4.42. The van der Waals surface area contributed by atoms with Crippen LogP contribution < -0.4 is 0 Å². The lowest BCUT2D eigenvalue weighted by Gasteiger charge is -2.34. The molecular weight excluding hydrogens is 364 g/mol. The molecule has 0 N–H and O–H groups in total. The Hall–Kier alpha value is -2.30. The van der Waals surface area contributed by atoms with Gasteiger partial charge in [-0.05, 0) is 69.9 Å². The van der Waals surface area contributed by atoms with Gasteiger partial charge in [0, 0.05) is 31.9 Å². The zero-order valence-corrected chi connectivity index (χ0v) is 18.0. The van der Waals surface area contributed by atoms with Gasteiger partial charge in [-0.1, -0.05) is 18.2 Å². The van der Waals surface area contributed by atoms with Crippen LogP contribution in [0.4, 0.5) is 4.79 Å². The topological polar surface area (TPSA) is 51.5 Å². The summed E-state index contributed by atoms with van der Waals surface area (Å²) in [6.07, 6.45) is 4.14. The number of likely N-dealkylation sites (tertiary alicyclic amines) is 1. The van der Waals surface area contributed by atoms with Crippen LogP contribution >= 0.6 is 0 Å². The number of Topliss-reactive ketones (excluding diaryl/α,β-unsaturated/α-hetero) is 1. The highest BCUT2D eigenvalue weighted by molar-refractivity contribution is 5.99. The van der Waals surface area contributed by atoms with Crippen LogP contribution in [-0.2, 0) is 11.3 Å². The van der Waals surface area contributed by atoms with Crippen LogP contribution in [0.25, 0.3) is 10.9 Å². The van der Waals surface area contributed by atoms with Gasteiger partial charge in [0.05, 0.1) is 11.2 Å². The summed E-state index contributed by atoms with van der Waals surface area (Å²) in [6.45, 7) is 9.72. The molecule has 1 saturated heterocycles. The number of carbonyl (C=O) groups excluding carboxylic acids is 2. The maximum absolute atomic E-state index is 12.4. The molecule has 1 aliphatic heterocycles. The van der Waals surface area contributed by atoms with Crippen LogP contribution in [0.2, 0.25) is 0 Å². The van der Waals surface area contributed by atoms with Crippen molar-refractivity contribution >= 4 is 22.8 Å². The second kappa shape index (κ2) is 7.51. The molecule has 156 valence electrons. The highest BCUT2D eigenvalue weighted by Gasteiger charge is 2.30. The fourth-order valence-electron chi connectivity index (χ4n) is 4.42. The monoisotopic (exact) mass is 396 g/mol. The summed E-state index contributed by atoms with van der Waals surface area (Å²) >= 11 is 0. The van der Waals surface area contributed by atoms with Crippen LogP contribution in [0.15, 0.2) is 24.3 Å². The van der Waals surface area contributed by atoms with Crippen LogP contribution in [-0.4, -0.2) is 40.0 Å². The molecule has 0 radical (unpaired) electrons. The number of ketones is 1. The van der Waals surface area contributed by atoms with Gasteiger partial charge < -0.3 is 14.2 Å². The summed E-state index contributed by atoms with van der Waals surface area (Å²) in [4.78, 5) is 26.5. The molecule has 2 aromatic rings. The Bertz CT molecular complexity index is 925. The molecule has 0 unspecified atom stereocenters. The molecule has 2 aliphatic rings. The largest absolute Gasteiger partial charge is 0.444 e. The number of rotatable bonds is 4. The highest BCUT2D eigenvalue weighted by Crippen LogP contribution is 2.38. The van der Waals surface area contributed by atoms with E-state index < -0.39 is 5.60 Å². The lowest BCUT2D eigenvalue weighted by Crippen LogP contribution is -2.41. The number of ether oxygens (including phenoxy) is 1. The number of fused-ring (bicyclic) bond motifs is 1. The van der Waals surface area contributed by atoms with E-state index in [2.05, 4.69) is 28.8 Å². The Kier molecular flexibility index (Phi) is 5.18. The van der Waals surface area contributed by atoms with E-state index in [4.69, 9.17) is 4.74 Å². The minimum atomic E-state index is -0.466. The summed E-state index contributed by atoms with van der Waals surface area (Å²) in [5.41, 5.74) is 2.90. The van der Waals surface area contributed by atoms with Crippen molar-refractivity contribution < 1.29 is 14.3 Å². The molecule has 1 amide bonds. The van der Waals surface area contributed by atoms with E-state index in [9.17, 15) is 9.59 Å². The van der Waals surface area contributed by atoms with E-state index in [1.807, 2.05) is 25.7 Å². The number of carbonyl (C=O) groups is 2. The minimum absolute atomic E-state index is 0.132. The average molecular weight is 397 g/mol. The predicted octanol–water partition coefficient (Wildman–Crippen LogP) is 5.37. The van der Waals surface area contributed by atoms with Crippen LogP contribution in [0, 0.1) is 5.92 Å². The third kappa shape index (κ3) is 4.34. The van der Waals surface area contributed by atoms with Crippen LogP contribution in [0.5, 0.6) is 0 Å². The number of aromatic nitrogens is 1. The van der Waals surface area contributed by atoms with E-state index >= 15 is 0 Å². The first kappa shape index (κ1) is 20.0. The van der Waals surface area contributed by atoms with Crippen molar-refractivity contribution in [3.05, 3.63) is 35.5 Å². The summed E-state index contributed by atoms with van der Waals surface area (Å²) in [5, 5.41) is 1.16. The zero-order chi connectivity index (χ0) is 20.8. The van der Waals surface area contributed by atoms with Gasteiger partial charge >= 0.3 is 6.09 Å². The second-order valence-corrected chi connectivity index (χ2v) is 9.67. The SMILES string of the molecule is CC(=O)c1cc2cccc(C3CCN(C(=O)OC(C)(C)C)CC3)c2n1CC1CC1. The summed E-state index contributed by atoms with van der Waals surface area (Å²) in [6, 6.07) is 8.48. The molecule has 4 rings (SSSR count). The van der Waals surface area contributed by atoms with E-state index in [1.165, 1.54) is 23.9 Å². The number of piperidine rings is 1. The lowest BCUT2D eigenvalue weighted by atomic mass is 9.88. The van der Waals surface area contributed by atoms with Gasteiger partial charge in [0.2, 0.25) is 0 Å². The van der Waals surface area contributed by atoms with Crippen LogP contribution in [0.1, 0.15) is 75.3 Å². The molecular formula is C24H32N2O3. The van der Waals surface area contributed by atoms with Crippen molar-refractivity contribution in [1.29, 1.82) is 0 Å². The molecule has 29 heavy (non-hydrogen) atoms. The predicted molar refractivity (Wildman–Crippen MR) is 114 cm³/mol. The second-order valence-electron chi connectivity index (χ2n) is 9.67. The van der Waals surface area contributed by atoms with Gasteiger partial charge in [0.25, 0.3) is 0 Å². The molecule has 2 fully saturated rings. The van der Waals surface area contributed by atoms with Gasteiger partial charge in [0.1, 0.15) is 5.60 Å². The maximum Gasteiger partial charge on any atom is 0.410 e. The lowest BCUT2D eigenvalue weighted by molar-refractivity contribution is 0.0205. The van der Waals surface area contributed by atoms with Crippen LogP contribution in [0.3, 0.4) is 0 Å². The van der Waals surface area contributed by atoms with Gasteiger partial charge in [0.15, 0.2) is 5.78 Å². The minimum Gasteiger partial charge on any atom is -0.444 e. The first-order valence-corrected chi connectivity index (χ1v) is 10.8. The Morgan fingerprint density at radius 2 is 1.79 bits per heavy atom. The molecule has 0 bridgehead atoms. The first-order chi connectivity index (χ1) is 13.7. The third-order valence-corrected chi connectivity index (χ3v) is 6.04. The Labute approximate surface area is 173 Å². The number of nitrogens with zero attached hydrogens (tertiary/aromatic N) is 2. The number of hydrogen-bond acceptors (Lipinski definition) is 3. The summed E-state index contributed by atoms with van der Waals surface area (Å²) < 4.78 is 7.80. The van der Waals surface area contributed by atoms with Gasteiger partial charge in [-0.3, -0.25) is 4.79 Å². The van der Waals surface area contributed by atoms with Crippen molar-refractivity contribution in [1.82, 2.24) is 9.47 Å². The molecule has 1 aromatic carbocycles. The van der Waals surface area contributed by atoms with Gasteiger partial charge in [-0.25, -0.2) is 4.79 Å². The van der Waals surface area contributed by atoms with E-state index in [0.717, 1.165) is 30.5 Å². The van der Waals surface area contributed by atoms with Crippen molar-refractivity contribution in [2.24, 2.45) is 5.92 Å². The molecule has 0 atom stereocenters. The Morgan fingerprint density at radius 1 is 1.10 bits per heavy atom. The highest BCUT2D eigenvalue weighted by atomic mass is 16.6. The molecule has 0 spiro atoms. The zero-order valence-electron chi connectivity index (χ0n) is 18.0. The van der Waals surface area contributed by atoms with Crippen molar-refractivity contribution in [3.8, 4) is 0 Å². The normalized spacial score (nSPS) is 18.3. The van der Waals surface area contributed by atoms with Gasteiger partial charge in [-0.2, -0.15) is 0 Å². The fraction of sp³-hybridized carbons (Fsp3) is 0.583. The van der Waals surface area contributed by atoms with Crippen molar-refractivity contribution in [2.75, 3.05) is 13.1 Å². The maximum atomic E-state index is 12.4. The van der Waals surface area contributed by atoms with E-state index in [1.54, 1.807) is 6.92 Å². The molecule has 5 heteroatoms. The molecule has 1 aliphatic carbocycles. The van der Waals surface area contributed by atoms with E-state index in [-0.39, 0.29) is 11.9 Å². The number of para-hydroxylation sites is 1. The number of hydrogen-bond donors (Lipinski definition) is 0. The van der Waals surface area contributed by atoms with Crippen molar-refractivity contribution in [2.45, 2.75) is 71.4 Å². The standard InChI is InChI=1S/C24H32N2O3/c1-16(27)21-14-19-6-5-7-20(22(19)26(21)15-17-8-9-17)18-10-12-25(13-11-18)23(28)29-24(2,3)4/h5-7,14,17-18H,8-13,15H2,1-4H3. The third-order valence-electron chi connectivity index (χ3n) is 6.04. The first-order valence-electron chi connectivity index (χ1n) is 10.8. The van der Waals surface area contributed by atoms with Gasteiger partial charge in [-0.15, -0.1) is 0 Å². The van der Waals surface area contributed by atoms with Crippen molar-refractivity contribution in [3.63, 3.8) is 0 Å². The number of amides is 1. The average Bonchev–Trinajstić information content (AvgIpc) is 3.39. The number of benzene rings is 1. The molecule has 2 heterocycles. The Balaban J connectivity index is 1.58. The summed E-state index contributed by atoms with van der Waals surface area (Å²) in [5.74, 6) is 1.23.